The fraction of sp³-hybridized carbons (Fsp3) is 0.333. The number of rotatable bonds is 3. The van der Waals surface area contributed by atoms with Crippen LogP contribution in [0.4, 0.5) is 5.69 Å². The summed E-state index contributed by atoms with van der Waals surface area (Å²) in [4.78, 5) is 12.4. The minimum absolute atomic E-state index is 0.0340. The number of ether oxygens (including phenoxy) is 2. The summed E-state index contributed by atoms with van der Waals surface area (Å²) in [7, 11) is 0. The Hall–Kier alpha value is -2.94. The average molecular weight is 325 g/mol. The number of benzene rings is 1. The zero-order valence-electron chi connectivity index (χ0n) is 13.7. The van der Waals surface area contributed by atoms with Gasteiger partial charge in [-0.3, -0.25) is 0 Å². The minimum Gasteiger partial charge on any atom is -0.463 e. The van der Waals surface area contributed by atoms with Gasteiger partial charge in [0.05, 0.1) is 18.1 Å². The van der Waals surface area contributed by atoms with Gasteiger partial charge in [-0.1, -0.05) is 12.1 Å². The molecule has 24 heavy (non-hydrogen) atoms. The van der Waals surface area contributed by atoms with Gasteiger partial charge in [0.25, 0.3) is 0 Å². The van der Waals surface area contributed by atoms with Crippen molar-refractivity contribution in [3.05, 3.63) is 52.1 Å². The molecule has 6 nitrogen and oxygen atoms in total. The smallest absolute Gasteiger partial charge is 0.338 e. The molecule has 0 amide bonds. The molecule has 2 aliphatic heterocycles. The molecule has 0 bridgehead atoms. The molecule has 0 radical (unpaired) electrons. The monoisotopic (exact) mass is 325 g/mol. The number of nitrogens with one attached hydrogen (secondary N) is 1. The number of nitrogens with zero attached hydrogens (tertiary/aromatic N) is 1. The van der Waals surface area contributed by atoms with Gasteiger partial charge < -0.3 is 20.5 Å². The molecule has 1 unspecified atom stereocenters. The van der Waals surface area contributed by atoms with Crippen LogP contribution in [0.3, 0.4) is 0 Å². The number of allylic oxidation sites excluding steroid dienone is 2. The number of fused-ring (bicyclic) bond motifs is 1. The SMILES string of the molecule is CCOC(=O)C1=C(C)OC(N)=C(C#N)C1c1ccc2c(c1)CCN2. The maximum absolute atomic E-state index is 12.4. The first-order chi connectivity index (χ1) is 11.6. The highest BCUT2D eigenvalue weighted by Gasteiger charge is 2.36. The van der Waals surface area contributed by atoms with E-state index in [1.165, 1.54) is 0 Å². The lowest BCUT2D eigenvalue weighted by Crippen LogP contribution is -2.25. The van der Waals surface area contributed by atoms with Gasteiger partial charge in [0.15, 0.2) is 0 Å². The van der Waals surface area contributed by atoms with Crippen LogP contribution >= 0.6 is 0 Å². The summed E-state index contributed by atoms with van der Waals surface area (Å²) in [6, 6.07) is 7.98. The first-order valence-electron chi connectivity index (χ1n) is 7.89. The Morgan fingerprint density at radius 3 is 3.04 bits per heavy atom. The summed E-state index contributed by atoms with van der Waals surface area (Å²) in [6.07, 6.45) is 0.908. The summed E-state index contributed by atoms with van der Waals surface area (Å²) in [5.41, 5.74) is 9.53. The van der Waals surface area contributed by atoms with Crippen LogP contribution < -0.4 is 11.1 Å². The molecule has 0 fully saturated rings. The fourth-order valence-corrected chi connectivity index (χ4v) is 3.19. The first-order valence-corrected chi connectivity index (χ1v) is 7.89. The highest BCUT2D eigenvalue weighted by Crippen LogP contribution is 2.40. The molecular weight excluding hydrogens is 306 g/mol. The van der Waals surface area contributed by atoms with Crippen LogP contribution in [0.5, 0.6) is 0 Å². The number of esters is 1. The third-order valence-corrected chi connectivity index (χ3v) is 4.27. The van der Waals surface area contributed by atoms with Gasteiger partial charge in [0.1, 0.15) is 17.4 Å². The molecule has 0 aromatic heterocycles. The van der Waals surface area contributed by atoms with E-state index in [4.69, 9.17) is 15.2 Å². The standard InChI is InChI=1S/C18H19N3O3/c1-3-23-18(22)15-10(2)24-17(20)13(9-19)16(15)12-4-5-14-11(8-12)6-7-21-14/h4-5,8,16,21H,3,6-7,20H2,1-2H3. The predicted octanol–water partition coefficient (Wildman–Crippen LogP) is 2.30. The van der Waals surface area contributed by atoms with E-state index in [1.807, 2.05) is 18.2 Å². The van der Waals surface area contributed by atoms with E-state index in [0.29, 0.717) is 11.3 Å². The van der Waals surface area contributed by atoms with Gasteiger partial charge in [-0.2, -0.15) is 5.26 Å². The molecule has 0 spiro atoms. The van der Waals surface area contributed by atoms with Crippen molar-refractivity contribution in [2.45, 2.75) is 26.2 Å². The normalized spacial score (nSPS) is 19.3. The summed E-state index contributed by atoms with van der Waals surface area (Å²) < 4.78 is 10.6. The molecule has 1 aromatic rings. The molecule has 0 saturated heterocycles. The van der Waals surface area contributed by atoms with Crippen molar-refractivity contribution in [2.75, 3.05) is 18.5 Å². The van der Waals surface area contributed by atoms with Crippen molar-refractivity contribution in [1.29, 1.82) is 5.26 Å². The van der Waals surface area contributed by atoms with Crippen LogP contribution in [0.1, 0.15) is 30.9 Å². The van der Waals surface area contributed by atoms with Gasteiger partial charge >= 0.3 is 5.97 Å². The predicted molar refractivity (Wildman–Crippen MR) is 88.6 cm³/mol. The number of nitrogens with two attached hydrogens (primary N) is 1. The van der Waals surface area contributed by atoms with E-state index in [2.05, 4.69) is 11.4 Å². The molecule has 0 aliphatic carbocycles. The van der Waals surface area contributed by atoms with E-state index in [0.717, 1.165) is 29.8 Å². The zero-order chi connectivity index (χ0) is 17.3. The van der Waals surface area contributed by atoms with Crippen LogP contribution in [0, 0.1) is 11.3 Å². The average Bonchev–Trinajstić information content (AvgIpc) is 3.01. The Balaban J connectivity index is 2.13. The summed E-state index contributed by atoms with van der Waals surface area (Å²) in [6.45, 7) is 4.53. The van der Waals surface area contributed by atoms with Crippen LogP contribution in [-0.2, 0) is 20.7 Å². The van der Waals surface area contributed by atoms with Crippen molar-refractivity contribution < 1.29 is 14.3 Å². The molecule has 6 heteroatoms. The van der Waals surface area contributed by atoms with Crippen molar-refractivity contribution in [3.63, 3.8) is 0 Å². The van der Waals surface area contributed by atoms with E-state index >= 15 is 0 Å². The quantitative estimate of drug-likeness (QED) is 0.828. The summed E-state index contributed by atoms with van der Waals surface area (Å²) >= 11 is 0. The van der Waals surface area contributed by atoms with E-state index < -0.39 is 11.9 Å². The lowest BCUT2D eigenvalue weighted by Gasteiger charge is -2.27. The Labute approximate surface area is 140 Å². The van der Waals surface area contributed by atoms with Crippen LogP contribution in [0.25, 0.3) is 0 Å². The number of carbonyl (C=O) groups is 1. The van der Waals surface area contributed by atoms with Crippen molar-refractivity contribution >= 4 is 11.7 Å². The molecule has 124 valence electrons. The third kappa shape index (κ3) is 2.58. The molecule has 3 rings (SSSR count). The van der Waals surface area contributed by atoms with Crippen molar-refractivity contribution in [2.24, 2.45) is 5.73 Å². The topological polar surface area (TPSA) is 97.4 Å². The second-order valence-electron chi connectivity index (χ2n) is 5.71. The van der Waals surface area contributed by atoms with E-state index in [-0.39, 0.29) is 18.1 Å². The van der Waals surface area contributed by atoms with Crippen LogP contribution in [0.15, 0.2) is 41.0 Å². The summed E-state index contributed by atoms with van der Waals surface area (Å²) in [5.74, 6) is -0.659. The third-order valence-electron chi connectivity index (χ3n) is 4.27. The number of carbonyl (C=O) groups excluding carboxylic acids is 1. The lowest BCUT2D eigenvalue weighted by atomic mass is 9.82. The fourth-order valence-electron chi connectivity index (χ4n) is 3.19. The largest absolute Gasteiger partial charge is 0.463 e. The van der Waals surface area contributed by atoms with Crippen molar-refractivity contribution in [1.82, 2.24) is 0 Å². The van der Waals surface area contributed by atoms with Crippen LogP contribution in [-0.4, -0.2) is 19.1 Å². The van der Waals surface area contributed by atoms with Gasteiger partial charge in [-0.15, -0.1) is 0 Å². The Morgan fingerprint density at radius 1 is 1.54 bits per heavy atom. The lowest BCUT2D eigenvalue weighted by molar-refractivity contribution is -0.139. The number of anilines is 1. The Bertz CT molecular complexity index is 802. The maximum atomic E-state index is 12.4. The molecular formula is C18H19N3O3. The molecule has 0 saturated carbocycles. The second-order valence-corrected chi connectivity index (χ2v) is 5.71. The zero-order valence-corrected chi connectivity index (χ0v) is 13.7. The number of hydrogen-bond acceptors (Lipinski definition) is 6. The molecule has 1 aromatic carbocycles. The van der Waals surface area contributed by atoms with Gasteiger partial charge in [0.2, 0.25) is 5.88 Å². The number of hydrogen-bond donors (Lipinski definition) is 2. The first kappa shape index (κ1) is 15.9. The van der Waals surface area contributed by atoms with E-state index in [9.17, 15) is 10.1 Å². The van der Waals surface area contributed by atoms with Gasteiger partial charge in [-0.25, -0.2) is 4.79 Å². The second kappa shape index (κ2) is 6.28. The summed E-state index contributed by atoms with van der Waals surface area (Å²) in [5, 5.41) is 12.8. The van der Waals surface area contributed by atoms with Crippen LogP contribution in [0.2, 0.25) is 0 Å². The van der Waals surface area contributed by atoms with Crippen molar-refractivity contribution in [3.8, 4) is 6.07 Å². The minimum atomic E-state index is -0.575. The highest BCUT2D eigenvalue weighted by molar-refractivity contribution is 5.92. The molecule has 3 N–H and O–H groups in total. The maximum Gasteiger partial charge on any atom is 0.338 e. The Morgan fingerprint density at radius 2 is 2.33 bits per heavy atom. The molecule has 2 heterocycles. The molecule has 1 atom stereocenters. The number of nitriles is 1. The Kier molecular flexibility index (Phi) is 4.17. The van der Waals surface area contributed by atoms with E-state index in [1.54, 1.807) is 13.8 Å². The van der Waals surface area contributed by atoms with Gasteiger partial charge in [-0.05, 0) is 37.5 Å². The highest BCUT2D eigenvalue weighted by atomic mass is 16.5. The molecule has 2 aliphatic rings. The van der Waals surface area contributed by atoms with Gasteiger partial charge in [0, 0.05) is 12.2 Å².